The topological polar surface area (TPSA) is 56.8 Å². The highest BCUT2D eigenvalue weighted by Gasteiger charge is 2.30. The number of hydrogen-bond donors (Lipinski definition) is 1. The molecule has 2 aromatic carbocycles. The molecule has 1 aliphatic heterocycles. The average molecular weight is 409 g/mol. The number of halogens is 3. The van der Waals surface area contributed by atoms with Crippen LogP contribution in [-0.4, -0.2) is 31.8 Å². The summed E-state index contributed by atoms with van der Waals surface area (Å²) in [7, 11) is 0. The van der Waals surface area contributed by atoms with Gasteiger partial charge in [0.25, 0.3) is 5.91 Å². The largest absolute Gasteiger partial charge is 0.489 e. The number of alkyl halides is 3. The van der Waals surface area contributed by atoms with Crippen molar-refractivity contribution >= 4 is 11.6 Å². The smallest absolute Gasteiger partial charge is 0.416 e. The van der Waals surface area contributed by atoms with Gasteiger partial charge in [-0.05, 0) is 49.6 Å². The molecule has 1 unspecified atom stereocenters. The van der Waals surface area contributed by atoms with Crippen LogP contribution in [-0.2, 0) is 15.7 Å². The van der Waals surface area contributed by atoms with E-state index in [0.717, 1.165) is 38.0 Å². The summed E-state index contributed by atoms with van der Waals surface area (Å²) in [5.74, 6) is -0.0459. The van der Waals surface area contributed by atoms with E-state index in [0.29, 0.717) is 18.0 Å². The van der Waals surface area contributed by atoms with Crippen molar-refractivity contribution in [1.82, 2.24) is 0 Å². The Kier molecular flexibility index (Phi) is 6.98. The van der Waals surface area contributed by atoms with Crippen LogP contribution < -0.4 is 14.8 Å². The van der Waals surface area contributed by atoms with Crippen molar-refractivity contribution in [3.8, 4) is 11.5 Å². The van der Waals surface area contributed by atoms with Crippen LogP contribution in [0.25, 0.3) is 0 Å². The SMILES string of the molecule is O=C(COc1cccc(C(F)(F)F)c1)Nc1ccccc1OCC1CCCCO1. The van der Waals surface area contributed by atoms with Crippen LogP contribution in [0.4, 0.5) is 18.9 Å². The number of amides is 1. The number of anilines is 1. The molecule has 156 valence electrons. The first-order chi connectivity index (χ1) is 13.9. The molecule has 0 saturated carbocycles. The molecule has 1 N–H and O–H groups in total. The highest BCUT2D eigenvalue weighted by atomic mass is 19.4. The first kappa shape index (κ1) is 21.0. The Morgan fingerprint density at radius 2 is 1.93 bits per heavy atom. The maximum atomic E-state index is 12.7. The van der Waals surface area contributed by atoms with E-state index in [1.165, 1.54) is 12.1 Å². The van der Waals surface area contributed by atoms with E-state index < -0.39 is 24.3 Å². The molecular formula is C21H22F3NO4. The molecule has 0 radical (unpaired) electrons. The second kappa shape index (κ2) is 9.65. The second-order valence-corrected chi connectivity index (χ2v) is 6.66. The third-order valence-corrected chi connectivity index (χ3v) is 4.39. The Bertz CT molecular complexity index is 820. The van der Waals surface area contributed by atoms with Gasteiger partial charge in [0, 0.05) is 6.61 Å². The van der Waals surface area contributed by atoms with Gasteiger partial charge in [0.2, 0.25) is 0 Å². The third-order valence-electron chi connectivity index (χ3n) is 4.39. The zero-order valence-electron chi connectivity index (χ0n) is 15.7. The van der Waals surface area contributed by atoms with Gasteiger partial charge in [-0.25, -0.2) is 0 Å². The molecule has 0 aromatic heterocycles. The number of nitrogens with one attached hydrogen (secondary N) is 1. The molecule has 1 atom stereocenters. The van der Waals surface area contributed by atoms with Crippen molar-refractivity contribution in [2.75, 3.05) is 25.1 Å². The fraction of sp³-hybridized carbons (Fsp3) is 0.381. The van der Waals surface area contributed by atoms with Gasteiger partial charge in [-0.15, -0.1) is 0 Å². The molecule has 1 heterocycles. The Morgan fingerprint density at radius 1 is 1.10 bits per heavy atom. The highest BCUT2D eigenvalue weighted by Crippen LogP contribution is 2.31. The summed E-state index contributed by atoms with van der Waals surface area (Å²) in [6.45, 7) is 0.675. The van der Waals surface area contributed by atoms with Crippen LogP contribution in [0.5, 0.6) is 11.5 Å². The van der Waals surface area contributed by atoms with Crippen molar-refractivity contribution in [2.24, 2.45) is 0 Å². The van der Waals surface area contributed by atoms with E-state index >= 15 is 0 Å². The molecular weight excluding hydrogens is 387 g/mol. The lowest BCUT2D eigenvalue weighted by atomic mass is 10.1. The van der Waals surface area contributed by atoms with Gasteiger partial charge in [-0.1, -0.05) is 18.2 Å². The number of hydrogen-bond acceptors (Lipinski definition) is 4. The molecule has 1 amide bonds. The highest BCUT2D eigenvalue weighted by molar-refractivity contribution is 5.93. The van der Waals surface area contributed by atoms with E-state index in [1.54, 1.807) is 24.3 Å². The minimum atomic E-state index is -4.47. The van der Waals surface area contributed by atoms with Crippen molar-refractivity contribution in [1.29, 1.82) is 0 Å². The summed E-state index contributed by atoms with van der Waals surface area (Å²) in [5.41, 5.74) is -0.375. The van der Waals surface area contributed by atoms with Crippen molar-refractivity contribution in [2.45, 2.75) is 31.5 Å². The number of carbonyl (C=O) groups excluding carboxylic acids is 1. The molecule has 1 fully saturated rings. The molecule has 29 heavy (non-hydrogen) atoms. The lowest BCUT2D eigenvalue weighted by Gasteiger charge is -2.23. The summed E-state index contributed by atoms with van der Waals surface area (Å²) in [4.78, 5) is 12.2. The minimum absolute atomic E-state index is 0.0248. The predicted molar refractivity (Wildman–Crippen MR) is 101 cm³/mol. The van der Waals surface area contributed by atoms with Gasteiger partial charge in [-0.2, -0.15) is 13.2 Å². The van der Waals surface area contributed by atoms with E-state index in [-0.39, 0.29) is 11.9 Å². The lowest BCUT2D eigenvalue weighted by Crippen LogP contribution is -2.26. The Morgan fingerprint density at radius 3 is 2.69 bits per heavy atom. The van der Waals surface area contributed by atoms with Gasteiger partial charge < -0.3 is 19.5 Å². The summed E-state index contributed by atoms with van der Waals surface area (Å²) in [6, 6.07) is 11.3. The molecule has 0 aliphatic carbocycles. The predicted octanol–water partition coefficient (Wildman–Crippen LogP) is 4.67. The number of rotatable bonds is 7. The normalized spacial score (nSPS) is 16.9. The summed E-state index contributed by atoms with van der Waals surface area (Å²) in [6.07, 6.45) is -1.37. The maximum absolute atomic E-state index is 12.7. The number of benzene rings is 2. The average Bonchev–Trinajstić information content (AvgIpc) is 2.72. The standard InChI is InChI=1S/C21H22F3NO4/c22-21(23,24)15-6-5-8-16(12-15)28-14-20(26)25-18-9-1-2-10-19(18)29-13-17-7-3-4-11-27-17/h1-2,5-6,8-10,12,17H,3-4,7,11,13-14H2,(H,25,26). The monoisotopic (exact) mass is 409 g/mol. The zero-order valence-corrected chi connectivity index (χ0v) is 15.7. The van der Waals surface area contributed by atoms with Crippen molar-refractivity contribution in [3.63, 3.8) is 0 Å². The van der Waals surface area contributed by atoms with Crippen LogP contribution in [0.3, 0.4) is 0 Å². The molecule has 1 saturated heterocycles. The van der Waals surface area contributed by atoms with E-state index in [2.05, 4.69) is 5.32 Å². The van der Waals surface area contributed by atoms with E-state index in [4.69, 9.17) is 14.2 Å². The van der Waals surface area contributed by atoms with Crippen LogP contribution >= 0.6 is 0 Å². The molecule has 5 nitrogen and oxygen atoms in total. The molecule has 2 aromatic rings. The number of carbonyl (C=O) groups is 1. The molecule has 1 aliphatic rings. The first-order valence-corrected chi connectivity index (χ1v) is 9.35. The second-order valence-electron chi connectivity index (χ2n) is 6.66. The van der Waals surface area contributed by atoms with Gasteiger partial charge in [0.15, 0.2) is 6.61 Å². The van der Waals surface area contributed by atoms with Crippen LogP contribution in [0.2, 0.25) is 0 Å². The van der Waals surface area contributed by atoms with Gasteiger partial charge in [-0.3, -0.25) is 4.79 Å². The van der Waals surface area contributed by atoms with Crippen molar-refractivity contribution < 1.29 is 32.2 Å². The van der Waals surface area contributed by atoms with Crippen molar-refractivity contribution in [3.05, 3.63) is 54.1 Å². The fourth-order valence-electron chi connectivity index (χ4n) is 2.91. The maximum Gasteiger partial charge on any atom is 0.416 e. The van der Waals surface area contributed by atoms with Crippen LogP contribution in [0, 0.1) is 0 Å². The van der Waals surface area contributed by atoms with Gasteiger partial charge >= 0.3 is 6.18 Å². The molecule has 0 bridgehead atoms. The molecule has 0 spiro atoms. The number of ether oxygens (including phenoxy) is 3. The van der Waals surface area contributed by atoms with Crippen LogP contribution in [0.15, 0.2) is 48.5 Å². The van der Waals surface area contributed by atoms with Crippen LogP contribution in [0.1, 0.15) is 24.8 Å². The summed E-state index contributed by atoms with van der Waals surface area (Å²) in [5, 5.41) is 2.66. The van der Waals surface area contributed by atoms with Gasteiger partial charge in [0.1, 0.15) is 18.1 Å². The Balaban J connectivity index is 1.54. The summed E-state index contributed by atoms with van der Waals surface area (Å²) >= 11 is 0. The van der Waals surface area contributed by atoms with E-state index in [1.807, 2.05) is 0 Å². The first-order valence-electron chi connectivity index (χ1n) is 9.35. The van der Waals surface area contributed by atoms with Gasteiger partial charge in [0.05, 0.1) is 17.4 Å². The minimum Gasteiger partial charge on any atom is -0.489 e. The zero-order chi connectivity index (χ0) is 20.7. The summed E-state index contributed by atoms with van der Waals surface area (Å²) < 4.78 is 54.9. The van der Waals surface area contributed by atoms with E-state index in [9.17, 15) is 18.0 Å². The third kappa shape index (κ3) is 6.39. The Hall–Kier alpha value is -2.74. The Labute approximate surface area is 166 Å². The molecule has 8 heteroatoms. The lowest BCUT2D eigenvalue weighted by molar-refractivity contribution is -0.137. The number of para-hydroxylation sites is 2. The molecule has 3 rings (SSSR count). The fourth-order valence-corrected chi connectivity index (χ4v) is 2.91. The quantitative estimate of drug-likeness (QED) is 0.722.